The third kappa shape index (κ3) is 7.60. The van der Waals surface area contributed by atoms with E-state index in [4.69, 9.17) is 19.9 Å². The molecule has 5 atom stereocenters. The maximum Gasteiger partial charge on any atom is 0.411 e. The van der Waals surface area contributed by atoms with Gasteiger partial charge in [-0.15, -0.1) is 0 Å². The number of morpholine rings is 1. The Morgan fingerprint density at radius 2 is 1.79 bits per heavy atom. The van der Waals surface area contributed by atoms with Gasteiger partial charge in [0.05, 0.1) is 31.4 Å². The molecule has 1 aromatic carbocycles. The summed E-state index contributed by atoms with van der Waals surface area (Å²) in [5.74, 6) is -1.36. The molecule has 1 saturated heterocycles. The van der Waals surface area contributed by atoms with Crippen molar-refractivity contribution in [1.82, 2.24) is 4.90 Å². The number of benzene rings is 1. The molecule has 0 saturated carbocycles. The largest absolute Gasteiger partial charge is 0.444 e. The number of halogens is 2. The van der Waals surface area contributed by atoms with Gasteiger partial charge in [-0.1, -0.05) is 20.8 Å². The van der Waals surface area contributed by atoms with Gasteiger partial charge in [-0.25, -0.2) is 13.6 Å². The van der Waals surface area contributed by atoms with E-state index in [9.17, 15) is 18.7 Å². The minimum absolute atomic E-state index is 0.00623. The standard InChI is InChI=1S/C25H40F2N2O5/c1-14-17(26)9-16(10-18(14)27)11-19(28)21(30)20-12-32-22(33-13-24(3,4)5)15(2)29(20)23(31)34-25(6,7)8/h9-10,15,19-22,30H,11-13,28H2,1-8H3/t15-,19-,20+,21-,22-/m0/s1. The lowest BCUT2D eigenvalue weighted by molar-refractivity contribution is -0.233. The molecule has 1 fully saturated rings. The zero-order chi connectivity index (χ0) is 26.0. The van der Waals surface area contributed by atoms with Gasteiger partial charge >= 0.3 is 6.09 Å². The highest BCUT2D eigenvalue weighted by molar-refractivity contribution is 5.69. The fourth-order valence-corrected chi connectivity index (χ4v) is 3.74. The van der Waals surface area contributed by atoms with Crippen LogP contribution in [0.25, 0.3) is 0 Å². The van der Waals surface area contributed by atoms with Gasteiger partial charge in [0.1, 0.15) is 17.2 Å². The van der Waals surface area contributed by atoms with Crippen LogP contribution >= 0.6 is 0 Å². The van der Waals surface area contributed by atoms with E-state index in [1.165, 1.54) is 24.0 Å². The van der Waals surface area contributed by atoms with Gasteiger partial charge < -0.3 is 25.1 Å². The third-order valence-corrected chi connectivity index (χ3v) is 5.55. The lowest BCUT2D eigenvalue weighted by atomic mass is 9.94. The van der Waals surface area contributed by atoms with E-state index in [1.54, 1.807) is 27.7 Å². The second kappa shape index (κ2) is 10.8. The first-order chi connectivity index (χ1) is 15.5. The van der Waals surface area contributed by atoms with Gasteiger partial charge in [0, 0.05) is 11.6 Å². The van der Waals surface area contributed by atoms with Crippen LogP contribution < -0.4 is 5.73 Å². The molecule has 3 N–H and O–H groups in total. The second-order valence-corrected chi connectivity index (χ2v) is 11.3. The predicted octanol–water partition coefficient (Wildman–Crippen LogP) is 3.92. The van der Waals surface area contributed by atoms with E-state index in [1.807, 2.05) is 20.8 Å². The number of aliphatic hydroxyl groups excluding tert-OH is 1. The van der Waals surface area contributed by atoms with Crippen LogP contribution in [0.2, 0.25) is 0 Å². The van der Waals surface area contributed by atoms with Crippen LogP contribution in [0.4, 0.5) is 13.6 Å². The number of carbonyl (C=O) groups is 1. The Bertz CT molecular complexity index is 830. The highest BCUT2D eigenvalue weighted by Gasteiger charge is 2.45. The van der Waals surface area contributed by atoms with Crippen molar-refractivity contribution < 1.29 is 32.9 Å². The van der Waals surface area contributed by atoms with E-state index in [-0.39, 0.29) is 24.0 Å². The maximum atomic E-state index is 14.0. The predicted molar refractivity (Wildman–Crippen MR) is 125 cm³/mol. The van der Waals surface area contributed by atoms with Crippen LogP contribution in [0.15, 0.2) is 12.1 Å². The van der Waals surface area contributed by atoms with Crippen molar-refractivity contribution in [2.45, 2.75) is 97.9 Å². The summed E-state index contributed by atoms with van der Waals surface area (Å²) in [4.78, 5) is 14.5. The van der Waals surface area contributed by atoms with Gasteiger partial charge in [0.2, 0.25) is 0 Å². The highest BCUT2D eigenvalue weighted by atomic mass is 19.1. The highest BCUT2D eigenvalue weighted by Crippen LogP contribution is 2.28. The lowest BCUT2D eigenvalue weighted by Crippen LogP contribution is -2.65. The van der Waals surface area contributed by atoms with E-state index in [2.05, 4.69) is 0 Å². The second-order valence-electron chi connectivity index (χ2n) is 11.3. The average molecular weight is 487 g/mol. The number of ether oxygens (including phenoxy) is 3. The summed E-state index contributed by atoms with van der Waals surface area (Å²) >= 11 is 0. The summed E-state index contributed by atoms with van der Waals surface area (Å²) in [6.07, 6.45) is -2.58. The molecule has 1 amide bonds. The molecule has 1 aliphatic heterocycles. The first-order valence-corrected chi connectivity index (χ1v) is 11.6. The smallest absolute Gasteiger partial charge is 0.411 e. The molecule has 0 radical (unpaired) electrons. The molecule has 1 heterocycles. The van der Waals surface area contributed by atoms with E-state index in [0.29, 0.717) is 12.2 Å². The SMILES string of the molecule is Cc1c(F)cc(C[C@H](N)[C@H](O)[C@H]2CO[C@@H](OCC(C)(C)C)[C@H](C)N2C(=O)OC(C)(C)C)cc1F. The molecule has 34 heavy (non-hydrogen) atoms. The number of amides is 1. The van der Waals surface area contributed by atoms with Crippen LogP contribution in [0.5, 0.6) is 0 Å². The summed E-state index contributed by atoms with van der Waals surface area (Å²) in [6.45, 7) is 14.8. The Morgan fingerprint density at radius 1 is 1.24 bits per heavy atom. The number of aliphatic hydroxyl groups is 1. The van der Waals surface area contributed by atoms with Gasteiger partial charge in [-0.2, -0.15) is 0 Å². The molecule has 0 aliphatic carbocycles. The number of nitrogens with two attached hydrogens (primary N) is 1. The van der Waals surface area contributed by atoms with Gasteiger partial charge in [-0.05, 0) is 64.2 Å². The van der Waals surface area contributed by atoms with Gasteiger partial charge in [0.25, 0.3) is 0 Å². The summed E-state index contributed by atoms with van der Waals surface area (Å²) in [7, 11) is 0. The number of hydrogen-bond donors (Lipinski definition) is 2. The third-order valence-electron chi connectivity index (χ3n) is 5.55. The van der Waals surface area contributed by atoms with Crippen molar-refractivity contribution >= 4 is 6.09 Å². The summed E-state index contributed by atoms with van der Waals surface area (Å²) < 4.78 is 45.3. The summed E-state index contributed by atoms with van der Waals surface area (Å²) in [5.41, 5.74) is 5.60. The van der Waals surface area contributed by atoms with Crippen LogP contribution in [0.3, 0.4) is 0 Å². The quantitative estimate of drug-likeness (QED) is 0.633. The molecule has 0 aromatic heterocycles. The minimum Gasteiger partial charge on any atom is -0.444 e. The van der Waals surface area contributed by atoms with Gasteiger partial charge in [0.15, 0.2) is 6.29 Å². The normalized spacial score (nSPS) is 23.5. The first-order valence-electron chi connectivity index (χ1n) is 11.6. The molecule has 1 aromatic rings. The number of carbonyl (C=O) groups excluding carboxylic acids is 1. The first kappa shape index (κ1) is 28.4. The molecule has 0 unspecified atom stereocenters. The average Bonchev–Trinajstić information content (AvgIpc) is 2.68. The fraction of sp³-hybridized carbons (Fsp3) is 0.720. The Hall–Kier alpha value is -1.81. The van der Waals surface area contributed by atoms with Crippen molar-refractivity contribution in [3.8, 4) is 0 Å². The minimum atomic E-state index is -1.24. The number of nitrogens with zero attached hydrogens (tertiary/aromatic N) is 1. The Kier molecular flexibility index (Phi) is 9.07. The van der Waals surface area contributed by atoms with E-state index < -0.39 is 53.8 Å². The fourth-order valence-electron chi connectivity index (χ4n) is 3.74. The van der Waals surface area contributed by atoms with Crippen molar-refractivity contribution in [3.05, 3.63) is 34.9 Å². The Labute approximate surface area is 201 Å². The molecule has 0 spiro atoms. The van der Waals surface area contributed by atoms with Gasteiger partial charge in [-0.3, -0.25) is 4.90 Å². The topological polar surface area (TPSA) is 94.3 Å². The Balaban J connectivity index is 2.24. The zero-order valence-electron chi connectivity index (χ0n) is 21.5. The molecule has 194 valence electrons. The number of rotatable bonds is 6. The van der Waals surface area contributed by atoms with Crippen molar-refractivity contribution in [1.29, 1.82) is 0 Å². The Morgan fingerprint density at radius 3 is 2.29 bits per heavy atom. The van der Waals surface area contributed by atoms with E-state index >= 15 is 0 Å². The van der Waals surface area contributed by atoms with E-state index in [0.717, 1.165) is 0 Å². The van der Waals surface area contributed by atoms with Crippen molar-refractivity contribution in [2.24, 2.45) is 11.1 Å². The number of hydrogen-bond acceptors (Lipinski definition) is 6. The summed E-state index contributed by atoms with van der Waals surface area (Å²) in [6, 6.07) is 0.0702. The molecule has 9 heteroatoms. The van der Waals surface area contributed by atoms with Crippen LogP contribution in [-0.4, -0.2) is 65.4 Å². The molecule has 0 bridgehead atoms. The molecule has 7 nitrogen and oxygen atoms in total. The molecule has 1 aliphatic rings. The molecule has 2 rings (SSSR count). The summed E-state index contributed by atoms with van der Waals surface area (Å²) in [5, 5.41) is 11.1. The monoisotopic (exact) mass is 486 g/mol. The molecular formula is C25H40F2N2O5. The van der Waals surface area contributed by atoms with Crippen LogP contribution in [-0.2, 0) is 20.6 Å². The van der Waals surface area contributed by atoms with Crippen molar-refractivity contribution in [2.75, 3.05) is 13.2 Å². The lowest BCUT2D eigenvalue weighted by Gasteiger charge is -2.47. The maximum absolute atomic E-state index is 14.0. The van der Waals surface area contributed by atoms with Crippen LogP contribution in [0, 0.1) is 24.0 Å². The zero-order valence-corrected chi connectivity index (χ0v) is 21.5. The molecular weight excluding hydrogens is 446 g/mol. The van der Waals surface area contributed by atoms with Crippen molar-refractivity contribution in [3.63, 3.8) is 0 Å². The van der Waals surface area contributed by atoms with Crippen LogP contribution in [0.1, 0.15) is 59.6 Å².